The average Bonchev–Trinajstić information content (AvgIpc) is 2.57. The number of carbonyl (C=O) groups is 2. The minimum absolute atomic E-state index is 0.308. The van der Waals surface area contributed by atoms with Gasteiger partial charge in [-0.2, -0.15) is 0 Å². The fraction of sp³-hybridized carbons (Fsp3) is 0.545. The molecule has 0 saturated heterocycles. The number of nitrogens with one attached hydrogen (secondary N) is 2. The van der Waals surface area contributed by atoms with Crippen LogP contribution in [0.3, 0.4) is 0 Å². The molecule has 1 heterocycles. The summed E-state index contributed by atoms with van der Waals surface area (Å²) in [6.45, 7) is 6.70. The third kappa shape index (κ3) is 3.22. The molecular formula is C11H17N3O4. The first kappa shape index (κ1) is 14.0. The molecule has 2 atom stereocenters. The van der Waals surface area contributed by atoms with Crippen LogP contribution < -0.4 is 10.6 Å². The van der Waals surface area contributed by atoms with E-state index in [0.29, 0.717) is 11.5 Å². The van der Waals surface area contributed by atoms with Crippen LogP contribution in [0.2, 0.25) is 0 Å². The zero-order valence-electron chi connectivity index (χ0n) is 10.8. The van der Waals surface area contributed by atoms with Gasteiger partial charge in [-0.3, -0.25) is 4.79 Å². The molecule has 0 fully saturated rings. The lowest BCUT2D eigenvalue weighted by molar-refractivity contribution is -0.138. The Bertz CT molecular complexity index is 436. The molecule has 2 amide bonds. The first-order valence-electron chi connectivity index (χ1n) is 5.55. The number of carboxylic acid groups (broad SMARTS) is 1. The summed E-state index contributed by atoms with van der Waals surface area (Å²) in [5.74, 6) is -0.457. The Kier molecular flexibility index (Phi) is 4.30. The van der Waals surface area contributed by atoms with E-state index in [2.05, 4.69) is 15.8 Å². The molecule has 1 rings (SSSR count). The van der Waals surface area contributed by atoms with Crippen molar-refractivity contribution in [3.8, 4) is 0 Å². The van der Waals surface area contributed by atoms with Crippen molar-refractivity contribution in [1.82, 2.24) is 15.8 Å². The highest BCUT2D eigenvalue weighted by Gasteiger charge is 2.20. The van der Waals surface area contributed by atoms with E-state index in [1.807, 2.05) is 0 Å². The van der Waals surface area contributed by atoms with Crippen molar-refractivity contribution in [2.75, 3.05) is 0 Å². The highest BCUT2D eigenvalue weighted by Crippen LogP contribution is 2.20. The summed E-state index contributed by atoms with van der Waals surface area (Å²) < 4.78 is 5.00. The van der Waals surface area contributed by atoms with E-state index in [1.165, 1.54) is 6.92 Å². The molecule has 3 N–H and O–H groups in total. The van der Waals surface area contributed by atoms with Crippen LogP contribution in [0.5, 0.6) is 0 Å². The van der Waals surface area contributed by atoms with Gasteiger partial charge in [-0.15, -0.1) is 0 Å². The predicted molar refractivity (Wildman–Crippen MR) is 63.2 cm³/mol. The molecule has 0 saturated carbocycles. The van der Waals surface area contributed by atoms with Crippen molar-refractivity contribution >= 4 is 12.0 Å². The Morgan fingerprint density at radius 2 is 1.89 bits per heavy atom. The molecule has 7 nitrogen and oxygen atoms in total. The van der Waals surface area contributed by atoms with Gasteiger partial charge in [-0.1, -0.05) is 5.16 Å². The van der Waals surface area contributed by atoms with Crippen LogP contribution >= 0.6 is 0 Å². The monoisotopic (exact) mass is 255 g/mol. The van der Waals surface area contributed by atoms with Gasteiger partial charge in [-0.25, -0.2) is 4.79 Å². The Balaban J connectivity index is 2.63. The quantitative estimate of drug-likeness (QED) is 0.748. The minimum atomic E-state index is -1.09. The molecule has 1 aromatic rings. The number of aliphatic carboxylic acids is 1. The van der Waals surface area contributed by atoms with Crippen LogP contribution in [0, 0.1) is 13.8 Å². The Hall–Kier alpha value is -2.05. The van der Waals surface area contributed by atoms with Crippen LogP contribution in [0.4, 0.5) is 4.79 Å². The Labute approximate surface area is 105 Å². The lowest BCUT2D eigenvalue weighted by atomic mass is 10.1. The van der Waals surface area contributed by atoms with Gasteiger partial charge >= 0.3 is 12.0 Å². The third-order valence-corrected chi connectivity index (χ3v) is 2.59. The van der Waals surface area contributed by atoms with E-state index >= 15 is 0 Å². The molecule has 7 heteroatoms. The number of rotatable bonds is 4. The van der Waals surface area contributed by atoms with E-state index < -0.39 is 18.0 Å². The second-order valence-corrected chi connectivity index (χ2v) is 4.14. The molecule has 0 aliphatic rings. The average molecular weight is 255 g/mol. The Morgan fingerprint density at radius 3 is 2.33 bits per heavy atom. The molecule has 0 spiro atoms. The number of amides is 2. The molecular weight excluding hydrogens is 238 g/mol. The van der Waals surface area contributed by atoms with E-state index in [9.17, 15) is 9.59 Å². The summed E-state index contributed by atoms with van der Waals surface area (Å²) in [5.41, 5.74) is 1.50. The van der Waals surface area contributed by atoms with E-state index in [1.54, 1.807) is 20.8 Å². The summed E-state index contributed by atoms with van der Waals surface area (Å²) in [5, 5.41) is 17.4. The first-order chi connectivity index (χ1) is 8.32. The van der Waals surface area contributed by atoms with Gasteiger partial charge in [0.2, 0.25) is 0 Å². The number of carboxylic acids is 1. The van der Waals surface area contributed by atoms with Crippen molar-refractivity contribution in [1.29, 1.82) is 0 Å². The molecule has 0 aliphatic heterocycles. The number of carbonyl (C=O) groups excluding carboxylic acids is 1. The second kappa shape index (κ2) is 5.52. The van der Waals surface area contributed by atoms with Gasteiger partial charge in [0.15, 0.2) is 0 Å². The topological polar surface area (TPSA) is 104 Å². The molecule has 1 aromatic heterocycles. The zero-order valence-corrected chi connectivity index (χ0v) is 10.8. The number of urea groups is 1. The highest BCUT2D eigenvalue weighted by atomic mass is 16.5. The summed E-state index contributed by atoms with van der Waals surface area (Å²) >= 11 is 0. The van der Waals surface area contributed by atoms with Gasteiger partial charge in [0.25, 0.3) is 0 Å². The summed E-state index contributed by atoms with van der Waals surface area (Å²) in [6, 6.07) is -1.79. The molecule has 0 aliphatic carbocycles. The van der Waals surface area contributed by atoms with E-state index in [4.69, 9.17) is 9.63 Å². The largest absolute Gasteiger partial charge is 0.480 e. The fourth-order valence-corrected chi connectivity index (χ4v) is 1.68. The SMILES string of the molecule is Cc1noc(C)c1C(C)NC(=O)N[C@H](C)C(=O)O. The molecule has 0 bridgehead atoms. The second-order valence-electron chi connectivity index (χ2n) is 4.14. The van der Waals surface area contributed by atoms with Gasteiger partial charge < -0.3 is 20.3 Å². The van der Waals surface area contributed by atoms with Gasteiger partial charge in [0.1, 0.15) is 11.8 Å². The Morgan fingerprint density at radius 1 is 1.28 bits per heavy atom. The number of aryl methyl sites for hydroxylation is 2. The third-order valence-electron chi connectivity index (χ3n) is 2.59. The summed E-state index contributed by atoms with van der Waals surface area (Å²) in [7, 11) is 0. The molecule has 18 heavy (non-hydrogen) atoms. The molecule has 100 valence electrons. The van der Waals surface area contributed by atoms with Crippen molar-refractivity contribution in [2.45, 2.75) is 39.8 Å². The van der Waals surface area contributed by atoms with Crippen molar-refractivity contribution in [3.63, 3.8) is 0 Å². The number of aromatic nitrogens is 1. The molecule has 0 aromatic carbocycles. The van der Waals surface area contributed by atoms with Crippen molar-refractivity contribution < 1.29 is 19.2 Å². The maximum Gasteiger partial charge on any atom is 0.325 e. The van der Waals surface area contributed by atoms with E-state index in [0.717, 1.165) is 5.56 Å². The predicted octanol–water partition coefficient (Wildman–Crippen LogP) is 1.12. The number of hydrogen-bond donors (Lipinski definition) is 3. The fourth-order valence-electron chi connectivity index (χ4n) is 1.68. The molecule has 1 unspecified atom stereocenters. The highest BCUT2D eigenvalue weighted by molar-refractivity contribution is 5.82. The lowest BCUT2D eigenvalue weighted by Crippen LogP contribution is -2.45. The van der Waals surface area contributed by atoms with Crippen LogP contribution in [0.15, 0.2) is 4.52 Å². The molecule has 0 radical (unpaired) electrons. The summed E-state index contributed by atoms with van der Waals surface area (Å²) in [6.07, 6.45) is 0. The summed E-state index contributed by atoms with van der Waals surface area (Å²) in [4.78, 5) is 22.1. The van der Waals surface area contributed by atoms with Crippen LogP contribution in [0.1, 0.15) is 36.9 Å². The van der Waals surface area contributed by atoms with Crippen LogP contribution in [-0.2, 0) is 4.79 Å². The number of hydrogen-bond acceptors (Lipinski definition) is 4. The number of nitrogens with zero attached hydrogens (tertiary/aromatic N) is 1. The van der Waals surface area contributed by atoms with Crippen molar-refractivity contribution in [3.05, 3.63) is 17.0 Å². The van der Waals surface area contributed by atoms with Gasteiger partial charge in [-0.05, 0) is 27.7 Å². The standard InChI is InChI=1S/C11H17N3O4/c1-5(9-6(2)14-18-8(9)4)12-11(17)13-7(3)10(15)16/h5,7H,1-4H3,(H,15,16)(H2,12,13,17)/t5?,7-/m1/s1. The maximum absolute atomic E-state index is 11.5. The normalized spacial score (nSPS) is 13.8. The zero-order chi connectivity index (χ0) is 13.9. The van der Waals surface area contributed by atoms with Gasteiger partial charge in [0.05, 0.1) is 11.7 Å². The van der Waals surface area contributed by atoms with Crippen LogP contribution in [0.25, 0.3) is 0 Å². The minimum Gasteiger partial charge on any atom is -0.480 e. The van der Waals surface area contributed by atoms with Crippen LogP contribution in [-0.4, -0.2) is 28.3 Å². The maximum atomic E-state index is 11.5. The first-order valence-corrected chi connectivity index (χ1v) is 5.55. The van der Waals surface area contributed by atoms with E-state index in [-0.39, 0.29) is 6.04 Å². The lowest BCUT2D eigenvalue weighted by Gasteiger charge is -2.16. The van der Waals surface area contributed by atoms with Crippen molar-refractivity contribution in [2.24, 2.45) is 0 Å². The van der Waals surface area contributed by atoms with Gasteiger partial charge in [0, 0.05) is 5.56 Å². The smallest absolute Gasteiger partial charge is 0.325 e.